The molecule has 0 bridgehead atoms. The van der Waals surface area contributed by atoms with E-state index < -0.39 is 15.6 Å². The fourth-order valence-electron chi connectivity index (χ4n) is 2.50. The van der Waals surface area contributed by atoms with Gasteiger partial charge in [-0.15, -0.1) is 0 Å². The van der Waals surface area contributed by atoms with Crippen molar-refractivity contribution in [2.45, 2.75) is 4.90 Å². The number of aryl methyl sites for hydroxylation is 1. The second-order valence-electron chi connectivity index (χ2n) is 5.24. The van der Waals surface area contributed by atoms with Crippen molar-refractivity contribution in [1.29, 1.82) is 0 Å². The number of sulfonamides is 1. The molecule has 0 fully saturated rings. The van der Waals surface area contributed by atoms with Crippen LogP contribution in [0, 0.1) is 0 Å². The van der Waals surface area contributed by atoms with Crippen molar-refractivity contribution in [2.75, 3.05) is 11.4 Å². The third-order valence-corrected chi connectivity index (χ3v) is 5.64. The van der Waals surface area contributed by atoms with Gasteiger partial charge in [0.05, 0.1) is 11.2 Å². The molecule has 5 nitrogen and oxygen atoms in total. The van der Waals surface area contributed by atoms with E-state index in [9.17, 15) is 13.2 Å². The summed E-state index contributed by atoms with van der Waals surface area (Å²) >= 11 is 0. The van der Waals surface area contributed by atoms with E-state index in [1.165, 1.54) is 17.7 Å². The Hall–Kier alpha value is -2.60. The van der Waals surface area contributed by atoms with Crippen molar-refractivity contribution in [3.63, 3.8) is 0 Å². The highest BCUT2D eigenvalue weighted by Crippen LogP contribution is 2.22. The van der Waals surface area contributed by atoms with E-state index in [1.54, 1.807) is 49.5 Å². The number of hydrogen-bond acceptors (Lipinski definition) is 3. The van der Waals surface area contributed by atoms with Gasteiger partial charge in [0.1, 0.15) is 0 Å². The maximum absolute atomic E-state index is 12.9. The summed E-state index contributed by atoms with van der Waals surface area (Å²) in [7, 11) is -0.917. The summed E-state index contributed by atoms with van der Waals surface area (Å²) in [5.41, 5.74) is 0.660. The SMILES string of the molecule is CN(c1ccccc1)S(=O)(=O)c1cc2ccccc2n(C)c1=O. The number of rotatable bonds is 3. The predicted octanol–water partition coefficient (Wildman–Crippen LogP) is 2.36. The molecule has 0 atom stereocenters. The fraction of sp³-hybridized carbons (Fsp3) is 0.118. The lowest BCUT2D eigenvalue weighted by Gasteiger charge is -2.19. The monoisotopic (exact) mass is 328 g/mol. The van der Waals surface area contributed by atoms with Crippen LogP contribution in [-0.2, 0) is 17.1 Å². The number of hydrogen-bond donors (Lipinski definition) is 0. The van der Waals surface area contributed by atoms with Crippen molar-refractivity contribution in [3.05, 3.63) is 71.0 Å². The lowest BCUT2D eigenvalue weighted by molar-refractivity contribution is 0.592. The predicted molar refractivity (Wildman–Crippen MR) is 91.2 cm³/mol. The number of fused-ring (bicyclic) bond motifs is 1. The highest BCUT2D eigenvalue weighted by atomic mass is 32.2. The van der Waals surface area contributed by atoms with Crippen LogP contribution in [0.5, 0.6) is 0 Å². The van der Waals surface area contributed by atoms with Gasteiger partial charge < -0.3 is 4.57 Å². The van der Waals surface area contributed by atoms with E-state index in [2.05, 4.69) is 0 Å². The van der Waals surface area contributed by atoms with Crippen LogP contribution in [0.15, 0.2) is 70.4 Å². The van der Waals surface area contributed by atoms with Crippen LogP contribution in [0.3, 0.4) is 0 Å². The van der Waals surface area contributed by atoms with Crippen LogP contribution in [0.4, 0.5) is 5.69 Å². The van der Waals surface area contributed by atoms with Gasteiger partial charge in [-0.1, -0.05) is 36.4 Å². The molecular weight excluding hydrogens is 312 g/mol. The second kappa shape index (κ2) is 5.55. The summed E-state index contributed by atoms with van der Waals surface area (Å²) in [5.74, 6) is 0. The van der Waals surface area contributed by atoms with E-state index in [1.807, 2.05) is 12.1 Å². The van der Waals surface area contributed by atoms with E-state index >= 15 is 0 Å². The lowest BCUT2D eigenvalue weighted by atomic mass is 10.2. The zero-order chi connectivity index (χ0) is 16.6. The normalized spacial score (nSPS) is 11.6. The zero-order valence-electron chi connectivity index (χ0n) is 12.8. The Bertz CT molecular complexity index is 1020. The molecule has 6 heteroatoms. The number of nitrogens with zero attached hydrogens (tertiary/aromatic N) is 2. The van der Waals surface area contributed by atoms with Gasteiger partial charge >= 0.3 is 0 Å². The van der Waals surface area contributed by atoms with E-state index in [0.717, 1.165) is 4.31 Å². The zero-order valence-corrected chi connectivity index (χ0v) is 13.6. The molecule has 0 radical (unpaired) electrons. The molecule has 0 amide bonds. The van der Waals surface area contributed by atoms with Crippen molar-refractivity contribution in [1.82, 2.24) is 4.57 Å². The highest BCUT2D eigenvalue weighted by molar-refractivity contribution is 7.92. The third kappa shape index (κ3) is 2.51. The minimum Gasteiger partial charge on any atom is -0.310 e. The topological polar surface area (TPSA) is 59.4 Å². The molecule has 0 N–H and O–H groups in total. The summed E-state index contributed by atoms with van der Waals surface area (Å²) in [6.07, 6.45) is 0. The summed E-state index contributed by atoms with van der Waals surface area (Å²) in [6.45, 7) is 0. The molecular formula is C17H16N2O3S. The summed E-state index contributed by atoms with van der Waals surface area (Å²) in [4.78, 5) is 12.3. The largest absolute Gasteiger partial charge is 0.310 e. The first kappa shape index (κ1) is 15.3. The van der Waals surface area contributed by atoms with Crippen molar-refractivity contribution >= 4 is 26.6 Å². The molecule has 0 aliphatic heterocycles. The van der Waals surface area contributed by atoms with Crippen LogP contribution >= 0.6 is 0 Å². The van der Waals surface area contributed by atoms with Gasteiger partial charge in [0.2, 0.25) is 0 Å². The number of anilines is 1. The Morgan fingerprint density at radius 1 is 0.957 bits per heavy atom. The van der Waals surface area contributed by atoms with Crippen LogP contribution in [0.25, 0.3) is 10.9 Å². The average molecular weight is 328 g/mol. The minimum absolute atomic E-state index is 0.231. The standard InChI is InChI=1S/C17H16N2O3S/c1-18-15-11-7-6-8-13(15)12-16(17(18)20)23(21,22)19(2)14-9-4-3-5-10-14/h3-12H,1-2H3. The molecule has 3 rings (SSSR count). The molecule has 0 spiro atoms. The molecule has 0 saturated carbocycles. The number of aromatic nitrogens is 1. The average Bonchev–Trinajstić information content (AvgIpc) is 2.58. The van der Waals surface area contributed by atoms with Gasteiger partial charge in [0.15, 0.2) is 4.90 Å². The minimum atomic E-state index is -3.94. The Labute approximate surface area is 134 Å². The molecule has 118 valence electrons. The molecule has 0 unspecified atom stereocenters. The second-order valence-corrected chi connectivity index (χ2v) is 7.18. The molecule has 1 heterocycles. The molecule has 0 saturated heterocycles. The van der Waals surface area contributed by atoms with Gasteiger partial charge in [0.25, 0.3) is 15.6 Å². The Kier molecular flexibility index (Phi) is 3.69. The van der Waals surface area contributed by atoms with Gasteiger partial charge in [-0.05, 0) is 29.7 Å². The smallest absolute Gasteiger partial charge is 0.271 e. The van der Waals surface area contributed by atoms with Crippen molar-refractivity contribution in [3.8, 4) is 0 Å². The van der Waals surface area contributed by atoms with E-state index in [0.29, 0.717) is 16.6 Å². The van der Waals surface area contributed by atoms with Crippen LogP contribution < -0.4 is 9.86 Å². The van der Waals surface area contributed by atoms with Gasteiger partial charge in [-0.25, -0.2) is 8.42 Å². The van der Waals surface area contributed by atoms with Crippen LogP contribution in [0.1, 0.15) is 0 Å². The molecule has 23 heavy (non-hydrogen) atoms. The van der Waals surface area contributed by atoms with Crippen molar-refractivity contribution in [2.24, 2.45) is 7.05 Å². The van der Waals surface area contributed by atoms with E-state index in [-0.39, 0.29) is 4.90 Å². The maximum atomic E-state index is 12.9. The summed E-state index contributed by atoms with van der Waals surface area (Å²) in [6, 6.07) is 17.3. The van der Waals surface area contributed by atoms with Gasteiger partial charge in [-0.3, -0.25) is 9.10 Å². The summed E-state index contributed by atoms with van der Waals surface area (Å²) in [5, 5.41) is 0.703. The molecule has 3 aromatic rings. The third-order valence-electron chi connectivity index (χ3n) is 3.86. The number of benzene rings is 2. The Morgan fingerprint density at radius 3 is 2.26 bits per heavy atom. The lowest BCUT2D eigenvalue weighted by Crippen LogP contribution is -2.33. The molecule has 1 aromatic heterocycles. The first-order chi connectivity index (χ1) is 10.9. The van der Waals surface area contributed by atoms with Gasteiger partial charge in [0, 0.05) is 14.1 Å². The van der Waals surface area contributed by atoms with E-state index in [4.69, 9.17) is 0 Å². The van der Waals surface area contributed by atoms with Crippen LogP contribution in [-0.4, -0.2) is 20.0 Å². The number of pyridine rings is 1. The fourth-order valence-corrected chi connectivity index (χ4v) is 3.83. The Balaban J connectivity index is 2.23. The first-order valence-corrected chi connectivity index (χ1v) is 8.49. The number of para-hydroxylation sites is 2. The first-order valence-electron chi connectivity index (χ1n) is 7.05. The summed E-state index contributed by atoms with van der Waals surface area (Å²) < 4.78 is 28.2. The molecule has 2 aromatic carbocycles. The maximum Gasteiger partial charge on any atom is 0.271 e. The molecule has 0 aliphatic carbocycles. The van der Waals surface area contributed by atoms with Gasteiger partial charge in [-0.2, -0.15) is 0 Å². The quantitative estimate of drug-likeness (QED) is 0.741. The highest BCUT2D eigenvalue weighted by Gasteiger charge is 2.25. The Morgan fingerprint density at radius 2 is 1.57 bits per heavy atom. The van der Waals surface area contributed by atoms with Crippen molar-refractivity contribution < 1.29 is 8.42 Å². The van der Waals surface area contributed by atoms with Crippen LogP contribution in [0.2, 0.25) is 0 Å². The molecule has 0 aliphatic rings.